The molecule has 0 spiro atoms. The first-order valence-electron chi connectivity index (χ1n) is 11.1. The zero-order valence-corrected chi connectivity index (χ0v) is 18.0. The first kappa shape index (κ1) is 21.0. The van der Waals surface area contributed by atoms with Crippen molar-refractivity contribution in [3.8, 4) is 11.1 Å². The Morgan fingerprint density at radius 1 is 0.968 bits per heavy atom. The topological polar surface area (TPSA) is 50.3 Å². The van der Waals surface area contributed by atoms with E-state index < -0.39 is 0 Å². The Morgan fingerprint density at radius 2 is 1.65 bits per heavy atom. The molecule has 4 nitrogen and oxygen atoms in total. The standard InChI is InChI=1S/C27H28N2O2/c1-2-27(31)29(24-6-3-7-24)25-15-13-22(14-16-25)21-9-11-23(12-10-21)26(30)17-8-20-5-4-18-28-19-20/h4-5,9-16,18-19,24H,2-3,6-8,17H2,1H3. The van der Waals surface area contributed by atoms with E-state index in [4.69, 9.17) is 0 Å². The number of amides is 1. The highest BCUT2D eigenvalue weighted by atomic mass is 16.2. The van der Waals surface area contributed by atoms with Crippen molar-refractivity contribution in [2.24, 2.45) is 0 Å². The van der Waals surface area contributed by atoms with E-state index in [0.29, 0.717) is 25.3 Å². The van der Waals surface area contributed by atoms with Crippen molar-refractivity contribution in [1.29, 1.82) is 0 Å². The van der Waals surface area contributed by atoms with Crippen LogP contribution in [0.25, 0.3) is 11.1 Å². The molecule has 1 amide bonds. The Labute approximate surface area is 183 Å². The van der Waals surface area contributed by atoms with Crippen LogP contribution < -0.4 is 4.90 Å². The molecule has 31 heavy (non-hydrogen) atoms. The molecule has 1 fully saturated rings. The molecule has 2 aromatic carbocycles. The van der Waals surface area contributed by atoms with Crippen molar-refractivity contribution in [3.05, 3.63) is 84.2 Å². The van der Waals surface area contributed by atoms with E-state index in [9.17, 15) is 9.59 Å². The average molecular weight is 413 g/mol. The SMILES string of the molecule is CCC(=O)N(c1ccc(-c2ccc(C(=O)CCc3cccnc3)cc2)cc1)C1CCC1. The maximum atomic E-state index is 12.5. The monoisotopic (exact) mass is 412 g/mol. The number of carbonyl (C=O) groups is 2. The number of rotatable bonds is 8. The largest absolute Gasteiger partial charge is 0.309 e. The second-order valence-corrected chi connectivity index (χ2v) is 8.11. The average Bonchev–Trinajstić information content (AvgIpc) is 2.80. The van der Waals surface area contributed by atoms with Gasteiger partial charge in [0.25, 0.3) is 0 Å². The lowest BCUT2D eigenvalue weighted by Crippen LogP contribution is -2.44. The molecule has 158 valence electrons. The minimum absolute atomic E-state index is 0.139. The molecule has 4 rings (SSSR count). The van der Waals surface area contributed by atoms with Gasteiger partial charge in [0.05, 0.1) is 0 Å². The molecule has 0 saturated heterocycles. The molecule has 0 atom stereocenters. The molecule has 0 bridgehead atoms. The fourth-order valence-corrected chi connectivity index (χ4v) is 3.98. The van der Waals surface area contributed by atoms with Crippen LogP contribution in [-0.4, -0.2) is 22.7 Å². The Kier molecular flexibility index (Phi) is 6.56. The zero-order chi connectivity index (χ0) is 21.6. The highest BCUT2D eigenvalue weighted by Gasteiger charge is 2.29. The van der Waals surface area contributed by atoms with Gasteiger partial charge in [-0.25, -0.2) is 0 Å². The van der Waals surface area contributed by atoms with Gasteiger partial charge in [0.15, 0.2) is 5.78 Å². The number of hydrogen-bond acceptors (Lipinski definition) is 3. The number of aromatic nitrogens is 1. The Balaban J connectivity index is 1.42. The highest BCUT2D eigenvalue weighted by Crippen LogP contribution is 2.32. The fraction of sp³-hybridized carbons (Fsp3) is 0.296. The van der Waals surface area contributed by atoms with Crippen LogP contribution in [0.1, 0.15) is 54.9 Å². The van der Waals surface area contributed by atoms with E-state index in [-0.39, 0.29) is 11.7 Å². The van der Waals surface area contributed by atoms with Gasteiger partial charge in [-0.15, -0.1) is 0 Å². The lowest BCUT2D eigenvalue weighted by molar-refractivity contribution is -0.119. The number of hydrogen-bond donors (Lipinski definition) is 0. The molecular weight excluding hydrogens is 384 g/mol. The predicted octanol–water partition coefficient (Wildman–Crippen LogP) is 5.86. The first-order valence-corrected chi connectivity index (χ1v) is 11.1. The Hall–Kier alpha value is -3.27. The van der Waals surface area contributed by atoms with Crippen LogP contribution in [0.5, 0.6) is 0 Å². The van der Waals surface area contributed by atoms with Crippen LogP contribution in [-0.2, 0) is 11.2 Å². The maximum absolute atomic E-state index is 12.5. The number of aryl methyl sites for hydroxylation is 1. The summed E-state index contributed by atoms with van der Waals surface area (Å²) in [6.45, 7) is 1.92. The molecule has 0 unspecified atom stereocenters. The van der Waals surface area contributed by atoms with E-state index in [1.165, 1.54) is 6.42 Å². The number of nitrogens with zero attached hydrogens (tertiary/aromatic N) is 2. The minimum atomic E-state index is 0.139. The summed E-state index contributed by atoms with van der Waals surface area (Å²) in [5, 5.41) is 0. The van der Waals surface area contributed by atoms with Gasteiger partial charge in [0.2, 0.25) is 5.91 Å². The lowest BCUT2D eigenvalue weighted by Gasteiger charge is -2.37. The molecule has 0 N–H and O–H groups in total. The second-order valence-electron chi connectivity index (χ2n) is 8.11. The van der Waals surface area contributed by atoms with Crippen molar-refractivity contribution < 1.29 is 9.59 Å². The second kappa shape index (κ2) is 9.69. The van der Waals surface area contributed by atoms with Crippen LogP contribution in [0.15, 0.2) is 73.1 Å². The molecule has 0 aliphatic heterocycles. The van der Waals surface area contributed by atoms with Crippen molar-refractivity contribution in [2.75, 3.05) is 4.90 Å². The third kappa shape index (κ3) is 4.91. The third-order valence-corrected chi connectivity index (χ3v) is 6.06. The zero-order valence-electron chi connectivity index (χ0n) is 18.0. The molecule has 1 saturated carbocycles. The minimum Gasteiger partial charge on any atom is -0.309 e. The lowest BCUT2D eigenvalue weighted by atomic mass is 9.90. The normalized spacial score (nSPS) is 13.5. The fourth-order valence-electron chi connectivity index (χ4n) is 3.98. The molecule has 1 aliphatic carbocycles. The summed E-state index contributed by atoms with van der Waals surface area (Å²) in [4.78, 5) is 31.0. The molecule has 1 aliphatic rings. The van der Waals surface area contributed by atoms with Crippen molar-refractivity contribution in [3.63, 3.8) is 0 Å². The van der Waals surface area contributed by atoms with Crippen LogP contribution >= 0.6 is 0 Å². The number of anilines is 1. The summed E-state index contributed by atoms with van der Waals surface area (Å²) in [7, 11) is 0. The number of carbonyl (C=O) groups excluding carboxylic acids is 2. The van der Waals surface area contributed by atoms with Gasteiger partial charge in [-0.1, -0.05) is 49.4 Å². The highest BCUT2D eigenvalue weighted by molar-refractivity contribution is 5.97. The van der Waals surface area contributed by atoms with Crippen LogP contribution in [0.3, 0.4) is 0 Å². The summed E-state index contributed by atoms with van der Waals surface area (Å²) < 4.78 is 0. The Bertz CT molecular complexity index is 1020. The van der Waals surface area contributed by atoms with Gasteiger partial charge in [0.1, 0.15) is 0 Å². The summed E-state index contributed by atoms with van der Waals surface area (Å²) in [6.07, 6.45) is 8.61. The van der Waals surface area contributed by atoms with E-state index in [0.717, 1.165) is 40.8 Å². The Morgan fingerprint density at radius 3 is 2.19 bits per heavy atom. The summed E-state index contributed by atoms with van der Waals surface area (Å²) >= 11 is 0. The number of pyridine rings is 1. The molecule has 4 heteroatoms. The number of ketones is 1. The smallest absolute Gasteiger partial charge is 0.226 e. The van der Waals surface area contributed by atoms with E-state index >= 15 is 0 Å². The van der Waals surface area contributed by atoms with Crippen LogP contribution in [0.4, 0.5) is 5.69 Å². The maximum Gasteiger partial charge on any atom is 0.226 e. The molecule has 0 radical (unpaired) electrons. The van der Waals surface area contributed by atoms with E-state index in [1.807, 2.05) is 60.4 Å². The third-order valence-electron chi connectivity index (χ3n) is 6.06. The molecule has 1 aromatic heterocycles. The number of Topliss-reactive ketones (excluding diaryl/α,β-unsaturated/α-hetero) is 1. The molecular formula is C27H28N2O2. The summed E-state index contributed by atoms with van der Waals surface area (Å²) in [5.41, 5.74) is 4.92. The van der Waals surface area contributed by atoms with Crippen molar-refractivity contribution in [2.45, 2.75) is 51.5 Å². The van der Waals surface area contributed by atoms with Gasteiger partial charge in [0, 0.05) is 42.5 Å². The first-order chi connectivity index (χ1) is 15.2. The molecule has 3 aromatic rings. The van der Waals surface area contributed by atoms with E-state index in [1.54, 1.807) is 12.4 Å². The van der Waals surface area contributed by atoms with Gasteiger partial charge in [-0.2, -0.15) is 0 Å². The predicted molar refractivity (Wildman–Crippen MR) is 124 cm³/mol. The van der Waals surface area contributed by atoms with Gasteiger partial charge in [-0.05, 0) is 60.6 Å². The van der Waals surface area contributed by atoms with E-state index in [2.05, 4.69) is 17.1 Å². The molecule has 1 heterocycles. The quantitative estimate of drug-likeness (QED) is 0.436. The van der Waals surface area contributed by atoms with Gasteiger partial charge < -0.3 is 4.90 Å². The van der Waals surface area contributed by atoms with Crippen LogP contribution in [0.2, 0.25) is 0 Å². The summed E-state index contributed by atoms with van der Waals surface area (Å²) in [6, 6.07) is 20.2. The van der Waals surface area contributed by atoms with Crippen LogP contribution in [0, 0.1) is 0 Å². The van der Waals surface area contributed by atoms with Crippen molar-refractivity contribution >= 4 is 17.4 Å². The number of benzene rings is 2. The van der Waals surface area contributed by atoms with Crippen molar-refractivity contribution in [1.82, 2.24) is 4.98 Å². The van der Waals surface area contributed by atoms with Gasteiger partial charge in [-0.3, -0.25) is 14.6 Å². The summed E-state index contributed by atoms with van der Waals surface area (Å²) in [5.74, 6) is 0.326. The van der Waals surface area contributed by atoms with Gasteiger partial charge >= 0.3 is 0 Å².